The zero-order valence-corrected chi connectivity index (χ0v) is 11.2. The molecule has 0 radical (unpaired) electrons. The molecule has 19 heavy (non-hydrogen) atoms. The first-order valence-corrected chi connectivity index (χ1v) is 6.36. The molecule has 0 spiro atoms. The predicted molar refractivity (Wildman–Crippen MR) is 65.9 cm³/mol. The van der Waals surface area contributed by atoms with E-state index in [1.807, 2.05) is 0 Å². The lowest BCUT2D eigenvalue weighted by Crippen LogP contribution is -2.26. The fourth-order valence-electron chi connectivity index (χ4n) is 1.80. The second-order valence-corrected chi connectivity index (χ2v) is 4.77. The van der Waals surface area contributed by atoms with Crippen molar-refractivity contribution in [3.05, 3.63) is 11.1 Å². The summed E-state index contributed by atoms with van der Waals surface area (Å²) >= 11 is 1.16. The number of carbonyl (C=O) groups is 3. The molecule has 0 N–H and O–H groups in total. The van der Waals surface area contributed by atoms with Crippen LogP contribution in [0, 0.1) is 5.92 Å². The molecule has 2 heterocycles. The van der Waals surface area contributed by atoms with Crippen molar-refractivity contribution in [1.82, 2.24) is 4.98 Å². The third-order valence-electron chi connectivity index (χ3n) is 2.78. The van der Waals surface area contributed by atoms with E-state index in [1.165, 1.54) is 24.5 Å². The molecule has 0 saturated carbocycles. The van der Waals surface area contributed by atoms with Gasteiger partial charge in [0.25, 0.3) is 0 Å². The summed E-state index contributed by atoms with van der Waals surface area (Å²) in [4.78, 5) is 39.9. The van der Waals surface area contributed by atoms with Gasteiger partial charge in [-0.1, -0.05) is 0 Å². The lowest BCUT2D eigenvalue weighted by Gasteiger charge is -2.11. The largest absolute Gasteiger partial charge is 0.469 e. The molecule has 1 unspecified atom stereocenters. The summed E-state index contributed by atoms with van der Waals surface area (Å²) in [7, 11) is 2.55. The fraction of sp³-hybridized carbons (Fsp3) is 0.455. The Balaban J connectivity index is 2.14. The number of methoxy groups -OCH3 is 2. The third-order valence-corrected chi connectivity index (χ3v) is 3.64. The Morgan fingerprint density at radius 3 is 2.79 bits per heavy atom. The van der Waals surface area contributed by atoms with Gasteiger partial charge in [0.1, 0.15) is 0 Å². The Labute approximate surface area is 113 Å². The maximum absolute atomic E-state index is 11.8. The second-order valence-electron chi connectivity index (χ2n) is 3.94. The van der Waals surface area contributed by atoms with E-state index >= 15 is 0 Å². The molecule has 1 aromatic rings. The highest BCUT2D eigenvalue weighted by Gasteiger charge is 2.37. The zero-order chi connectivity index (χ0) is 14.0. The Morgan fingerprint density at radius 2 is 2.16 bits per heavy atom. The maximum atomic E-state index is 11.8. The molecule has 1 aliphatic heterocycles. The molecular formula is C11H12N2O5S. The summed E-state index contributed by atoms with van der Waals surface area (Å²) in [6.07, 6.45) is 0.0970. The number of nitrogens with zero attached hydrogens (tertiary/aromatic N) is 2. The number of amides is 1. The lowest BCUT2D eigenvalue weighted by molar-refractivity contribution is -0.145. The smallest absolute Gasteiger partial charge is 0.357 e. The maximum Gasteiger partial charge on any atom is 0.357 e. The van der Waals surface area contributed by atoms with Gasteiger partial charge in [-0.2, -0.15) is 0 Å². The number of hydrogen-bond acceptors (Lipinski definition) is 7. The molecule has 0 bridgehead atoms. The number of hydrogen-bond donors (Lipinski definition) is 0. The minimum Gasteiger partial charge on any atom is -0.469 e. The number of thiazole rings is 1. The molecule has 102 valence electrons. The first-order chi connectivity index (χ1) is 9.06. The molecule has 1 fully saturated rings. The summed E-state index contributed by atoms with van der Waals surface area (Å²) < 4.78 is 9.16. The van der Waals surface area contributed by atoms with E-state index in [4.69, 9.17) is 0 Å². The lowest BCUT2D eigenvalue weighted by atomic mass is 10.1. The molecular weight excluding hydrogens is 272 g/mol. The van der Waals surface area contributed by atoms with E-state index in [0.29, 0.717) is 5.13 Å². The summed E-state index contributed by atoms with van der Waals surface area (Å²) in [5.41, 5.74) is 0.150. The minimum atomic E-state index is -0.557. The van der Waals surface area contributed by atoms with Gasteiger partial charge in [0, 0.05) is 18.3 Å². The molecule has 0 aromatic carbocycles. The topological polar surface area (TPSA) is 85.8 Å². The van der Waals surface area contributed by atoms with Gasteiger partial charge < -0.3 is 9.47 Å². The standard InChI is InChI=1S/C11H12N2O5S/c1-17-9(15)6-3-8(14)13(4-6)11-12-7(5-19-11)10(16)18-2/h5-6H,3-4H2,1-2H3. The average Bonchev–Trinajstić information content (AvgIpc) is 3.03. The number of esters is 2. The number of anilines is 1. The van der Waals surface area contributed by atoms with Gasteiger partial charge in [-0.25, -0.2) is 9.78 Å². The highest BCUT2D eigenvalue weighted by molar-refractivity contribution is 7.14. The summed E-state index contributed by atoms with van der Waals surface area (Å²) in [5.74, 6) is -1.66. The van der Waals surface area contributed by atoms with Crippen LogP contribution in [0.3, 0.4) is 0 Å². The van der Waals surface area contributed by atoms with E-state index < -0.39 is 17.9 Å². The van der Waals surface area contributed by atoms with Crippen molar-refractivity contribution in [2.75, 3.05) is 25.7 Å². The number of ether oxygens (including phenoxy) is 2. The van der Waals surface area contributed by atoms with Gasteiger partial charge in [0.2, 0.25) is 5.91 Å². The van der Waals surface area contributed by atoms with Gasteiger partial charge in [-0.15, -0.1) is 11.3 Å². The van der Waals surface area contributed by atoms with Crippen molar-refractivity contribution < 1.29 is 23.9 Å². The summed E-state index contributed by atoms with van der Waals surface area (Å²) in [6, 6.07) is 0. The van der Waals surface area contributed by atoms with Gasteiger partial charge >= 0.3 is 11.9 Å². The van der Waals surface area contributed by atoms with E-state index in [0.717, 1.165) is 11.3 Å². The molecule has 1 amide bonds. The van der Waals surface area contributed by atoms with Crippen LogP contribution in [-0.4, -0.2) is 43.6 Å². The number of rotatable bonds is 3. The van der Waals surface area contributed by atoms with E-state index in [9.17, 15) is 14.4 Å². The molecule has 1 aliphatic rings. The summed E-state index contributed by atoms with van der Waals surface area (Å²) in [5, 5.41) is 1.90. The van der Waals surface area contributed by atoms with Gasteiger partial charge in [0.15, 0.2) is 10.8 Å². The molecule has 2 rings (SSSR count). The van der Waals surface area contributed by atoms with Crippen LogP contribution in [0.1, 0.15) is 16.9 Å². The minimum absolute atomic E-state index is 0.0970. The molecule has 1 aromatic heterocycles. The first kappa shape index (κ1) is 13.5. The molecule has 7 nitrogen and oxygen atoms in total. The zero-order valence-electron chi connectivity index (χ0n) is 10.4. The van der Waals surface area contributed by atoms with Crippen LogP contribution >= 0.6 is 11.3 Å². The Morgan fingerprint density at radius 1 is 1.42 bits per heavy atom. The molecule has 1 atom stereocenters. The van der Waals surface area contributed by atoms with Crippen LogP contribution in [0.2, 0.25) is 0 Å². The van der Waals surface area contributed by atoms with E-state index in [1.54, 1.807) is 0 Å². The third kappa shape index (κ3) is 2.58. The van der Waals surface area contributed by atoms with E-state index in [2.05, 4.69) is 14.5 Å². The monoisotopic (exact) mass is 284 g/mol. The predicted octanol–water partition coefficient (Wildman–Crippen LogP) is 0.456. The van der Waals surface area contributed by atoms with E-state index in [-0.39, 0.29) is 24.6 Å². The van der Waals surface area contributed by atoms with Gasteiger partial charge in [0.05, 0.1) is 20.1 Å². The Hall–Kier alpha value is -1.96. The highest BCUT2D eigenvalue weighted by Crippen LogP contribution is 2.28. The molecule has 0 aliphatic carbocycles. The van der Waals surface area contributed by atoms with Crippen molar-refractivity contribution in [3.63, 3.8) is 0 Å². The van der Waals surface area contributed by atoms with Crippen LogP contribution < -0.4 is 4.90 Å². The number of aromatic nitrogens is 1. The van der Waals surface area contributed by atoms with Crippen LogP contribution in [0.4, 0.5) is 5.13 Å². The van der Waals surface area contributed by atoms with Crippen LogP contribution in [0.5, 0.6) is 0 Å². The van der Waals surface area contributed by atoms with Crippen molar-refractivity contribution in [2.45, 2.75) is 6.42 Å². The Kier molecular flexibility index (Phi) is 3.79. The number of carbonyl (C=O) groups excluding carboxylic acids is 3. The molecule has 1 saturated heterocycles. The van der Waals surface area contributed by atoms with Gasteiger partial charge in [-0.05, 0) is 0 Å². The van der Waals surface area contributed by atoms with Crippen LogP contribution in [0.15, 0.2) is 5.38 Å². The van der Waals surface area contributed by atoms with Gasteiger partial charge in [-0.3, -0.25) is 14.5 Å². The Bertz CT molecular complexity index is 527. The normalized spacial score (nSPS) is 18.5. The van der Waals surface area contributed by atoms with Crippen molar-refractivity contribution >= 4 is 34.3 Å². The SMILES string of the molecule is COC(=O)c1csc(N2CC(C(=O)OC)CC2=O)n1. The van der Waals surface area contributed by atoms with Crippen molar-refractivity contribution in [3.8, 4) is 0 Å². The molecule has 8 heteroatoms. The van der Waals surface area contributed by atoms with Crippen molar-refractivity contribution in [2.24, 2.45) is 5.92 Å². The highest BCUT2D eigenvalue weighted by atomic mass is 32.1. The van der Waals surface area contributed by atoms with Crippen LogP contribution in [-0.2, 0) is 19.1 Å². The first-order valence-electron chi connectivity index (χ1n) is 5.48. The average molecular weight is 284 g/mol. The quantitative estimate of drug-likeness (QED) is 0.749. The fourth-order valence-corrected chi connectivity index (χ4v) is 2.62. The van der Waals surface area contributed by atoms with Crippen molar-refractivity contribution in [1.29, 1.82) is 0 Å². The van der Waals surface area contributed by atoms with Crippen LogP contribution in [0.25, 0.3) is 0 Å². The second kappa shape index (κ2) is 5.35. The summed E-state index contributed by atoms with van der Waals surface area (Å²) in [6.45, 7) is 0.222.